The maximum absolute atomic E-state index is 13.2. The number of anilines is 2. The Hall–Kier alpha value is -3.80. The van der Waals surface area contributed by atoms with Crippen LogP contribution >= 0.6 is 11.8 Å². The number of carbonyl (C=O) groups is 2. The van der Waals surface area contributed by atoms with E-state index in [4.69, 9.17) is 9.97 Å². The van der Waals surface area contributed by atoms with Gasteiger partial charge in [0.1, 0.15) is 5.82 Å². The number of carbonyl (C=O) groups excluding carboxylic acids is 2. The van der Waals surface area contributed by atoms with Crippen LogP contribution in [0.25, 0.3) is 0 Å². The first kappa shape index (κ1) is 30.7. The van der Waals surface area contributed by atoms with E-state index in [0.717, 1.165) is 28.7 Å². The molecule has 0 aliphatic carbocycles. The Morgan fingerprint density at radius 1 is 0.837 bits per heavy atom. The summed E-state index contributed by atoms with van der Waals surface area (Å²) < 4.78 is 39.6. The van der Waals surface area contributed by atoms with Crippen LogP contribution in [0.3, 0.4) is 0 Å². The maximum Gasteiger partial charge on any atom is 0.416 e. The minimum Gasteiger partial charge on any atom is -0.368 e. The van der Waals surface area contributed by atoms with Crippen LogP contribution in [0.15, 0.2) is 53.7 Å². The molecule has 3 aromatic rings. The van der Waals surface area contributed by atoms with Gasteiger partial charge in [-0.1, -0.05) is 30.0 Å². The largest absolute Gasteiger partial charge is 0.416 e. The molecule has 2 saturated heterocycles. The van der Waals surface area contributed by atoms with Crippen LogP contribution in [-0.2, 0) is 16.7 Å². The van der Waals surface area contributed by atoms with Crippen LogP contribution in [0.4, 0.5) is 24.7 Å². The molecule has 1 aromatic heterocycles. The van der Waals surface area contributed by atoms with Crippen molar-refractivity contribution in [2.75, 3.05) is 62.2 Å². The molecule has 8 nitrogen and oxygen atoms in total. The lowest BCUT2D eigenvalue weighted by atomic mass is 10.1. The van der Waals surface area contributed by atoms with Crippen LogP contribution in [0.2, 0.25) is 0 Å². The summed E-state index contributed by atoms with van der Waals surface area (Å²) in [5.74, 6) is 1.42. The summed E-state index contributed by atoms with van der Waals surface area (Å²) in [7, 11) is 0. The van der Waals surface area contributed by atoms with Crippen molar-refractivity contribution in [2.45, 2.75) is 37.9 Å². The van der Waals surface area contributed by atoms with Crippen LogP contribution < -0.4 is 9.80 Å². The number of rotatable bonds is 6. The zero-order valence-electron chi connectivity index (χ0n) is 24.5. The van der Waals surface area contributed by atoms with E-state index in [-0.39, 0.29) is 11.8 Å². The van der Waals surface area contributed by atoms with Gasteiger partial charge in [0.15, 0.2) is 5.16 Å². The third-order valence-corrected chi connectivity index (χ3v) is 8.93. The first-order chi connectivity index (χ1) is 20.5. The van der Waals surface area contributed by atoms with Gasteiger partial charge in [0.25, 0.3) is 5.91 Å². The van der Waals surface area contributed by atoms with E-state index in [1.54, 1.807) is 22.8 Å². The number of amides is 2. The lowest BCUT2D eigenvalue weighted by Gasteiger charge is -2.37. The van der Waals surface area contributed by atoms with Crippen LogP contribution in [0, 0.1) is 13.8 Å². The lowest BCUT2D eigenvalue weighted by Crippen LogP contribution is -2.50. The number of aryl methyl sites for hydroxylation is 1. The molecule has 0 radical (unpaired) electrons. The second-order valence-electron chi connectivity index (χ2n) is 10.8. The Labute approximate surface area is 253 Å². The molecule has 0 N–H and O–H groups in total. The van der Waals surface area contributed by atoms with E-state index in [1.807, 2.05) is 43.0 Å². The average Bonchev–Trinajstić information content (AvgIpc) is 3.01. The van der Waals surface area contributed by atoms with Crippen molar-refractivity contribution in [1.82, 2.24) is 19.8 Å². The summed E-state index contributed by atoms with van der Waals surface area (Å²) in [6, 6.07) is 13.1. The third-order valence-electron chi connectivity index (χ3n) is 8.01. The van der Waals surface area contributed by atoms with Crippen molar-refractivity contribution in [1.29, 1.82) is 0 Å². The summed E-state index contributed by atoms with van der Waals surface area (Å²) in [6.45, 7) is 10.0. The molecule has 2 amide bonds. The Morgan fingerprint density at radius 2 is 1.49 bits per heavy atom. The number of thioether (sulfide) groups is 1. The van der Waals surface area contributed by atoms with E-state index in [1.165, 1.54) is 23.9 Å². The highest BCUT2D eigenvalue weighted by molar-refractivity contribution is 7.98. The monoisotopic (exact) mass is 612 g/mol. The number of halogens is 3. The highest BCUT2D eigenvalue weighted by Crippen LogP contribution is 2.33. The third kappa shape index (κ3) is 7.23. The number of aromatic nitrogens is 2. The molecule has 228 valence electrons. The van der Waals surface area contributed by atoms with Gasteiger partial charge in [-0.15, -0.1) is 0 Å². The van der Waals surface area contributed by atoms with Gasteiger partial charge >= 0.3 is 6.18 Å². The molecule has 2 aliphatic rings. The number of piperazine rings is 2. The van der Waals surface area contributed by atoms with E-state index in [9.17, 15) is 22.8 Å². The quantitative estimate of drug-likeness (QED) is 0.286. The molecule has 3 heterocycles. The molecular weight excluding hydrogens is 577 g/mol. The zero-order valence-corrected chi connectivity index (χ0v) is 25.3. The summed E-state index contributed by atoms with van der Waals surface area (Å²) in [5, 5.41) is 0.635. The van der Waals surface area contributed by atoms with Crippen LogP contribution in [-0.4, -0.2) is 83.9 Å². The van der Waals surface area contributed by atoms with E-state index in [0.29, 0.717) is 74.5 Å². The van der Waals surface area contributed by atoms with Crippen molar-refractivity contribution in [2.24, 2.45) is 0 Å². The topological polar surface area (TPSA) is 72.9 Å². The Kier molecular flexibility index (Phi) is 9.14. The van der Waals surface area contributed by atoms with Gasteiger partial charge in [-0.2, -0.15) is 13.2 Å². The minimum atomic E-state index is -4.37. The second kappa shape index (κ2) is 12.8. The molecular formula is C31H35F3N6O2S. The van der Waals surface area contributed by atoms with Gasteiger partial charge in [0, 0.05) is 87.5 Å². The molecule has 0 bridgehead atoms. The van der Waals surface area contributed by atoms with Crippen LogP contribution in [0.1, 0.15) is 39.7 Å². The summed E-state index contributed by atoms with van der Waals surface area (Å²) >= 11 is 1.50. The fourth-order valence-corrected chi connectivity index (χ4v) is 6.19. The number of benzene rings is 2. The van der Waals surface area contributed by atoms with E-state index < -0.39 is 11.7 Å². The highest BCUT2D eigenvalue weighted by atomic mass is 32.2. The van der Waals surface area contributed by atoms with E-state index in [2.05, 4.69) is 4.90 Å². The van der Waals surface area contributed by atoms with Gasteiger partial charge in [0.05, 0.1) is 5.56 Å². The fourth-order valence-electron chi connectivity index (χ4n) is 5.37. The van der Waals surface area contributed by atoms with Crippen molar-refractivity contribution in [3.05, 3.63) is 76.5 Å². The highest BCUT2D eigenvalue weighted by Gasteiger charge is 2.31. The van der Waals surface area contributed by atoms with Gasteiger partial charge in [-0.25, -0.2) is 9.97 Å². The molecule has 2 aliphatic heterocycles. The van der Waals surface area contributed by atoms with Crippen molar-refractivity contribution in [3.8, 4) is 0 Å². The zero-order chi connectivity index (χ0) is 30.7. The fraction of sp³-hybridized carbons (Fsp3) is 0.419. The lowest BCUT2D eigenvalue weighted by molar-refractivity contribution is -0.137. The molecule has 2 fully saturated rings. The van der Waals surface area contributed by atoms with Gasteiger partial charge < -0.3 is 19.6 Å². The smallest absolute Gasteiger partial charge is 0.368 e. The first-order valence-electron chi connectivity index (χ1n) is 14.3. The molecule has 5 rings (SSSR count). The Morgan fingerprint density at radius 3 is 2.16 bits per heavy atom. The summed E-state index contributed by atoms with van der Waals surface area (Å²) in [5.41, 5.74) is 3.39. The van der Waals surface area contributed by atoms with Crippen molar-refractivity contribution < 1.29 is 22.8 Å². The molecule has 12 heteroatoms. The molecule has 0 atom stereocenters. The SMILES string of the molecule is CC(=O)N1CCN(C(=O)c2cccc(CSc3nc(C)c(C)c(N4CCN(c5cccc(C(F)(F)F)c5)CC4)n3)c2)CC1. The standard InChI is InChI=1S/C31H35F3N6O2S/c1-21-22(2)35-30(36-28(21)39-14-12-38(13-15-39)27-9-5-8-26(19-27)31(32,33)34)43-20-24-6-4-7-25(18-24)29(42)40-16-10-37(11-17-40)23(3)41/h4-9,18-19H,10-17,20H2,1-3H3. The van der Waals surface area contributed by atoms with E-state index >= 15 is 0 Å². The summed E-state index contributed by atoms with van der Waals surface area (Å²) in [6.07, 6.45) is -4.37. The minimum absolute atomic E-state index is 0.0280. The number of nitrogens with zero attached hydrogens (tertiary/aromatic N) is 6. The molecule has 0 saturated carbocycles. The number of alkyl halides is 3. The summed E-state index contributed by atoms with van der Waals surface area (Å²) in [4.78, 5) is 42.0. The van der Waals surface area contributed by atoms with Gasteiger partial charge in [0.2, 0.25) is 5.91 Å². The maximum atomic E-state index is 13.2. The van der Waals surface area contributed by atoms with Gasteiger partial charge in [-0.3, -0.25) is 9.59 Å². The average molecular weight is 613 g/mol. The Balaban J connectivity index is 1.22. The predicted octanol–water partition coefficient (Wildman–Crippen LogP) is 5.04. The number of hydrogen-bond donors (Lipinski definition) is 0. The second-order valence-corrected chi connectivity index (χ2v) is 11.8. The molecule has 0 unspecified atom stereocenters. The Bertz CT molecular complexity index is 1480. The van der Waals surface area contributed by atoms with Crippen molar-refractivity contribution in [3.63, 3.8) is 0 Å². The normalized spacial score (nSPS) is 16.0. The van der Waals surface area contributed by atoms with Crippen molar-refractivity contribution >= 4 is 35.1 Å². The molecule has 2 aromatic carbocycles. The van der Waals surface area contributed by atoms with Crippen LogP contribution in [0.5, 0.6) is 0 Å². The van der Waals surface area contributed by atoms with Gasteiger partial charge in [-0.05, 0) is 49.7 Å². The first-order valence-corrected chi connectivity index (χ1v) is 15.3. The molecule has 0 spiro atoms. The predicted molar refractivity (Wildman–Crippen MR) is 162 cm³/mol. The molecule has 43 heavy (non-hydrogen) atoms. The number of hydrogen-bond acceptors (Lipinski definition) is 7.